The third-order valence-corrected chi connectivity index (χ3v) is 12.4. The molecule has 6 aromatic rings. The van der Waals surface area contributed by atoms with Gasteiger partial charge in [-0.25, -0.2) is 11.1 Å². The molecule has 0 heterocycles. The molecule has 0 saturated carbocycles. The molecule has 0 unspecified atom stereocenters. The number of fused-ring (bicyclic) bond motifs is 2. The number of nitrogens with two attached hydrogens (primary N) is 2. The fraction of sp³-hybridized carbons (Fsp3) is 0. The molecule has 0 amide bonds. The summed E-state index contributed by atoms with van der Waals surface area (Å²) in [6.07, 6.45) is 0. The molecule has 12 nitrogen and oxygen atoms in total. The van der Waals surface area contributed by atoms with Crippen LogP contribution in [0.4, 0.5) is 22.7 Å². The molecule has 0 radical (unpaired) electrons. The molecule has 18 heteroatoms. The van der Waals surface area contributed by atoms with Gasteiger partial charge < -0.3 is 11.5 Å². The van der Waals surface area contributed by atoms with Crippen LogP contribution in [-0.2, 0) is 20.2 Å². The van der Waals surface area contributed by atoms with Gasteiger partial charge in [0.15, 0.2) is 0 Å². The van der Waals surface area contributed by atoms with E-state index in [2.05, 4.69) is 73.9 Å². The first-order valence-electron chi connectivity index (χ1n) is 13.9. The van der Waals surface area contributed by atoms with Crippen LogP contribution in [0.15, 0.2) is 111 Å². The molecular weight excluding hydrogens is 948 g/mol. The predicted molar refractivity (Wildman–Crippen MR) is 207 cm³/mol. The number of nitrogens with zero attached hydrogens (tertiary/aromatic N) is 2. The second-order valence-corrected chi connectivity index (χ2v) is 17.0. The molecule has 0 aromatic heterocycles. The Morgan fingerprint density at radius 2 is 0.800 bits per heavy atom. The van der Waals surface area contributed by atoms with E-state index < -0.39 is 41.4 Å². The fourth-order valence-corrected chi connectivity index (χ4v) is 10.9. The molecule has 0 spiro atoms. The van der Waals surface area contributed by atoms with Gasteiger partial charge in [0.05, 0.1) is 11.4 Å². The summed E-state index contributed by atoms with van der Waals surface area (Å²) in [6.45, 7) is 0. The van der Waals surface area contributed by atoms with Gasteiger partial charge in [0.1, 0.15) is 21.2 Å². The Hall–Kier alpha value is -3.62. The summed E-state index contributed by atoms with van der Waals surface area (Å²) in [6, 6.07) is 20.2. The van der Waals surface area contributed by atoms with E-state index in [1.54, 1.807) is 72.8 Å². The molecule has 0 aliphatic heterocycles. The van der Waals surface area contributed by atoms with Crippen LogP contribution in [0.5, 0.6) is 0 Å². The van der Waals surface area contributed by atoms with Crippen LogP contribution < -0.4 is 11.5 Å². The molecule has 0 saturated heterocycles. The van der Waals surface area contributed by atoms with E-state index in [4.69, 9.17) is 22.5 Å². The molecule has 254 valence electrons. The Kier molecular flexibility index (Phi) is 9.53. The summed E-state index contributed by atoms with van der Waals surface area (Å²) in [5.41, 5.74) is 28.9. The molecule has 6 aromatic carbocycles. The van der Waals surface area contributed by atoms with E-state index in [1.165, 1.54) is 0 Å². The summed E-state index contributed by atoms with van der Waals surface area (Å²) in [5.74, 6) is 0. The number of benzene rings is 6. The number of hydrogen-bond acceptors (Lipinski definition) is 10. The zero-order chi connectivity index (χ0) is 36.4. The van der Waals surface area contributed by atoms with Gasteiger partial charge in [-0.3, -0.25) is 9.11 Å². The van der Waals surface area contributed by atoms with Gasteiger partial charge in [-0.15, -0.1) is 0 Å². The number of nitrogen functional groups attached to an aromatic ring is 2. The lowest BCUT2D eigenvalue weighted by Crippen LogP contribution is -2.06. The summed E-state index contributed by atoms with van der Waals surface area (Å²) < 4.78 is 73.5. The molecular formula is C32H20Br4N6O6S2. The maximum absolute atomic E-state index is 12.8. The minimum Gasteiger partial charge on any atom is -0.396 e. The molecule has 0 bridgehead atoms. The minimum atomic E-state index is -4.95. The van der Waals surface area contributed by atoms with Crippen molar-refractivity contribution in [2.75, 3.05) is 11.5 Å². The number of anilines is 2. The van der Waals surface area contributed by atoms with Crippen LogP contribution >= 0.6 is 63.7 Å². The number of halogens is 4. The topological polar surface area (TPSA) is 233 Å². The van der Waals surface area contributed by atoms with Crippen LogP contribution in [-0.4, -0.2) is 25.9 Å². The predicted octanol–water partition coefficient (Wildman–Crippen LogP) is 11.0. The molecule has 0 aliphatic rings. The molecule has 0 atom stereocenters. The number of nitrogens with one attached hydrogen (secondary N) is 2. The maximum atomic E-state index is 12.8. The van der Waals surface area contributed by atoms with Crippen LogP contribution in [0, 0.1) is 11.1 Å². The zero-order valence-corrected chi connectivity index (χ0v) is 32.8. The summed E-state index contributed by atoms with van der Waals surface area (Å²) >= 11 is 14.3. The molecule has 8 N–H and O–H groups in total. The SMILES string of the molecule is N=Nc1c(S(=O)(=O)O)c(-c2c(Br)cc(-c3cc(Br)c(-c4c(S(=O)(=O)O)c(N=N)c(N)c5ccccc45)c(Br)c3)cc2Br)c2ccccc2c1N. The van der Waals surface area contributed by atoms with Crippen molar-refractivity contribution in [2.24, 2.45) is 10.2 Å². The first-order valence-corrected chi connectivity index (χ1v) is 19.9. The summed E-state index contributed by atoms with van der Waals surface area (Å²) in [5, 5.41) is 8.37. The van der Waals surface area contributed by atoms with Gasteiger partial charge in [-0.05, 0) is 46.2 Å². The van der Waals surface area contributed by atoms with Gasteiger partial charge in [0.25, 0.3) is 20.2 Å². The van der Waals surface area contributed by atoms with E-state index >= 15 is 0 Å². The van der Waals surface area contributed by atoms with Crippen LogP contribution in [0.3, 0.4) is 0 Å². The van der Waals surface area contributed by atoms with Crippen molar-refractivity contribution in [1.82, 2.24) is 0 Å². The smallest absolute Gasteiger partial charge is 0.297 e. The Morgan fingerprint density at radius 3 is 1.06 bits per heavy atom. The van der Waals surface area contributed by atoms with E-state index in [9.17, 15) is 25.9 Å². The monoisotopic (exact) mass is 964 g/mol. The number of rotatable bonds is 7. The van der Waals surface area contributed by atoms with Crippen LogP contribution in [0.25, 0.3) is 54.9 Å². The highest BCUT2D eigenvalue weighted by Crippen LogP contribution is 2.52. The van der Waals surface area contributed by atoms with Gasteiger partial charge >= 0.3 is 0 Å². The lowest BCUT2D eigenvalue weighted by atomic mass is 9.93. The molecule has 0 fully saturated rings. The lowest BCUT2D eigenvalue weighted by molar-refractivity contribution is 0.481. The van der Waals surface area contributed by atoms with Crippen molar-refractivity contribution < 1.29 is 25.9 Å². The van der Waals surface area contributed by atoms with Crippen molar-refractivity contribution in [1.29, 1.82) is 11.1 Å². The van der Waals surface area contributed by atoms with Crippen molar-refractivity contribution >= 4 is 128 Å². The first kappa shape index (κ1) is 36.2. The molecule has 6 rings (SSSR count). The highest BCUT2D eigenvalue weighted by Gasteiger charge is 2.31. The Morgan fingerprint density at radius 1 is 0.520 bits per heavy atom. The zero-order valence-electron chi connectivity index (χ0n) is 24.8. The van der Waals surface area contributed by atoms with Gasteiger partial charge in [-0.1, -0.05) is 112 Å². The third-order valence-electron chi connectivity index (χ3n) is 8.02. The average Bonchev–Trinajstić information content (AvgIpc) is 3.04. The van der Waals surface area contributed by atoms with Gasteiger partial charge in [-0.2, -0.15) is 27.1 Å². The summed E-state index contributed by atoms with van der Waals surface area (Å²) in [4.78, 5) is -1.26. The maximum Gasteiger partial charge on any atom is 0.297 e. The quantitative estimate of drug-likeness (QED) is 0.0510. The second-order valence-electron chi connectivity index (χ2n) is 10.8. The van der Waals surface area contributed by atoms with Gasteiger partial charge in [0, 0.05) is 50.9 Å². The largest absolute Gasteiger partial charge is 0.396 e. The van der Waals surface area contributed by atoms with E-state index in [-0.39, 0.29) is 22.5 Å². The normalized spacial score (nSPS) is 12.0. The molecule has 0 aliphatic carbocycles. The van der Waals surface area contributed by atoms with E-state index in [0.717, 1.165) is 0 Å². The fourth-order valence-electron chi connectivity index (χ4n) is 6.03. The second kappa shape index (κ2) is 13.2. The highest BCUT2D eigenvalue weighted by molar-refractivity contribution is 9.11. The number of hydrogen-bond donors (Lipinski definition) is 6. The van der Waals surface area contributed by atoms with Crippen molar-refractivity contribution in [2.45, 2.75) is 9.79 Å². The first-order chi connectivity index (χ1) is 23.5. The van der Waals surface area contributed by atoms with E-state index in [1.807, 2.05) is 0 Å². The van der Waals surface area contributed by atoms with E-state index in [0.29, 0.717) is 61.7 Å². The molecule has 50 heavy (non-hydrogen) atoms. The minimum absolute atomic E-state index is 0.0647. The van der Waals surface area contributed by atoms with Crippen LogP contribution in [0.2, 0.25) is 0 Å². The average molecular weight is 968 g/mol. The third kappa shape index (κ3) is 5.96. The van der Waals surface area contributed by atoms with Crippen LogP contribution in [0.1, 0.15) is 0 Å². The Bertz CT molecular complexity index is 2490. The lowest BCUT2D eigenvalue weighted by Gasteiger charge is -2.20. The van der Waals surface area contributed by atoms with Gasteiger partial charge in [0.2, 0.25) is 0 Å². The summed E-state index contributed by atoms with van der Waals surface area (Å²) in [7, 11) is -9.90. The standard InChI is InChI=1S/C32H20Br4N6O6S2/c33-19-9-13(10-20(34)25(19)23-15-5-1-3-7-17(15)27(37)29(41-39)31(23)49(43,44)45)14-11-21(35)26(22(36)12-14)24-16-6-2-4-8-18(16)28(38)30(42-40)32(24)50(46,47)48/h1-12,39-40H,37-38H2,(H,43,44,45)(H,46,47,48). The van der Waals surface area contributed by atoms with Crippen molar-refractivity contribution in [3.05, 3.63) is 90.7 Å². The Labute approximate surface area is 318 Å². The Balaban J connectivity index is 1.62. The highest BCUT2D eigenvalue weighted by atomic mass is 79.9. The van der Waals surface area contributed by atoms with Crippen molar-refractivity contribution in [3.63, 3.8) is 0 Å². The van der Waals surface area contributed by atoms with Crippen molar-refractivity contribution in [3.8, 4) is 33.4 Å².